The van der Waals surface area contributed by atoms with Crippen molar-refractivity contribution in [3.63, 3.8) is 0 Å². The number of nitro benzene ring substituents is 1. The molecule has 0 spiro atoms. The molecule has 8 nitrogen and oxygen atoms in total. The van der Waals surface area contributed by atoms with E-state index in [9.17, 15) is 18.5 Å². The highest BCUT2D eigenvalue weighted by Gasteiger charge is 2.31. The number of sulfonamides is 1. The van der Waals surface area contributed by atoms with Crippen LogP contribution < -0.4 is 13.8 Å². The lowest BCUT2D eigenvalue weighted by atomic mass is 10.1. The van der Waals surface area contributed by atoms with Gasteiger partial charge in [-0.05, 0) is 55.0 Å². The Labute approximate surface area is 180 Å². The lowest BCUT2D eigenvalue weighted by Crippen LogP contribution is -2.33. The normalized spacial score (nSPS) is 12.1. The molecule has 0 amide bonds. The number of hydrogen-bond acceptors (Lipinski definition) is 6. The van der Waals surface area contributed by atoms with Crippen LogP contribution >= 0.6 is 0 Å². The summed E-state index contributed by atoms with van der Waals surface area (Å²) in [5.74, 6) is 1.16. The molecule has 0 radical (unpaired) electrons. The van der Waals surface area contributed by atoms with Gasteiger partial charge in [-0.15, -0.1) is 0 Å². The van der Waals surface area contributed by atoms with Crippen LogP contribution in [0.25, 0.3) is 0 Å². The zero-order chi connectivity index (χ0) is 22.6. The van der Waals surface area contributed by atoms with E-state index in [0.29, 0.717) is 22.7 Å². The van der Waals surface area contributed by atoms with Crippen LogP contribution in [0.3, 0.4) is 0 Å². The minimum absolute atomic E-state index is 0.174. The molecule has 3 aromatic carbocycles. The Morgan fingerprint density at radius 1 is 0.903 bits per heavy atom. The van der Waals surface area contributed by atoms with E-state index in [0.717, 1.165) is 6.07 Å². The van der Waals surface area contributed by atoms with Gasteiger partial charge in [0.2, 0.25) is 0 Å². The molecule has 0 bridgehead atoms. The van der Waals surface area contributed by atoms with E-state index < -0.39 is 21.0 Å². The minimum atomic E-state index is -4.15. The van der Waals surface area contributed by atoms with Crippen LogP contribution in [0.1, 0.15) is 18.5 Å². The Hall–Kier alpha value is -3.59. The first-order valence-corrected chi connectivity index (χ1v) is 10.8. The fourth-order valence-electron chi connectivity index (χ4n) is 3.21. The lowest BCUT2D eigenvalue weighted by Gasteiger charge is -2.31. The minimum Gasteiger partial charge on any atom is -0.497 e. The third kappa shape index (κ3) is 4.61. The molecular formula is C22H22N2O6S. The molecule has 0 aromatic heterocycles. The van der Waals surface area contributed by atoms with Gasteiger partial charge in [-0.3, -0.25) is 14.4 Å². The van der Waals surface area contributed by atoms with E-state index in [1.54, 1.807) is 55.5 Å². The van der Waals surface area contributed by atoms with Gasteiger partial charge in [0.15, 0.2) is 0 Å². The second-order valence-corrected chi connectivity index (χ2v) is 8.52. The molecular weight excluding hydrogens is 420 g/mol. The molecule has 3 rings (SSSR count). The highest BCUT2D eigenvalue weighted by atomic mass is 32.2. The van der Waals surface area contributed by atoms with Crippen molar-refractivity contribution in [3.8, 4) is 11.5 Å². The van der Waals surface area contributed by atoms with Crippen LogP contribution in [0.15, 0.2) is 77.7 Å². The van der Waals surface area contributed by atoms with Crippen molar-refractivity contribution in [2.24, 2.45) is 0 Å². The fraction of sp³-hybridized carbons (Fsp3) is 0.182. The number of methoxy groups -OCH3 is 2. The average Bonchev–Trinajstić information content (AvgIpc) is 2.79. The van der Waals surface area contributed by atoms with Gasteiger partial charge in [-0.25, -0.2) is 8.42 Å². The maximum Gasteiger partial charge on any atom is 0.270 e. The highest BCUT2D eigenvalue weighted by Crippen LogP contribution is 2.35. The van der Waals surface area contributed by atoms with E-state index in [1.165, 1.54) is 36.7 Å². The van der Waals surface area contributed by atoms with Crippen LogP contribution in [0, 0.1) is 10.1 Å². The smallest absolute Gasteiger partial charge is 0.270 e. The topological polar surface area (TPSA) is 99.0 Å². The molecule has 31 heavy (non-hydrogen) atoms. The number of nitro groups is 1. The second-order valence-electron chi connectivity index (χ2n) is 6.71. The maximum atomic E-state index is 13.7. The zero-order valence-corrected chi connectivity index (χ0v) is 18.1. The molecule has 0 aliphatic heterocycles. The van der Waals surface area contributed by atoms with Crippen LogP contribution in [-0.2, 0) is 10.0 Å². The number of benzene rings is 3. The van der Waals surface area contributed by atoms with Gasteiger partial charge in [-0.1, -0.05) is 18.2 Å². The number of hydrogen-bond donors (Lipinski definition) is 0. The summed E-state index contributed by atoms with van der Waals surface area (Å²) in [6, 6.07) is 18.0. The van der Waals surface area contributed by atoms with Crippen molar-refractivity contribution < 1.29 is 22.8 Å². The van der Waals surface area contributed by atoms with Gasteiger partial charge in [-0.2, -0.15) is 0 Å². The Bertz CT molecular complexity index is 1180. The molecule has 1 atom stereocenters. The third-order valence-corrected chi connectivity index (χ3v) is 6.73. The summed E-state index contributed by atoms with van der Waals surface area (Å²) in [7, 11) is -1.10. The van der Waals surface area contributed by atoms with Gasteiger partial charge >= 0.3 is 0 Å². The van der Waals surface area contributed by atoms with Crippen LogP contribution in [-0.4, -0.2) is 27.6 Å². The molecule has 9 heteroatoms. The van der Waals surface area contributed by atoms with Crippen molar-refractivity contribution in [2.45, 2.75) is 17.9 Å². The first kappa shape index (κ1) is 22.1. The number of rotatable bonds is 8. The number of anilines is 1. The standard InChI is InChI=1S/C22H22N2O6S/c1-16(17-6-4-8-21(14-17)30-3)23(18-10-12-20(29-2)13-11-18)31(27,28)22-9-5-7-19(15-22)24(25)26/h4-16H,1-3H3/t16-/m1/s1. The molecule has 0 aliphatic rings. The summed E-state index contributed by atoms with van der Waals surface area (Å²) in [5.41, 5.74) is 0.789. The molecule has 0 N–H and O–H groups in total. The van der Waals surface area contributed by atoms with Crippen molar-refractivity contribution in [2.75, 3.05) is 18.5 Å². The van der Waals surface area contributed by atoms with E-state index in [2.05, 4.69) is 0 Å². The van der Waals surface area contributed by atoms with Gasteiger partial charge < -0.3 is 9.47 Å². The van der Waals surface area contributed by atoms with Crippen molar-refractivity contribution >= 4 is 21.4 Å². The number of non-ortho nitro benzene ring substituents is 1. The molecule has 0 saturated heterocycles. The summed E-state index contributed by atoms with van der Waals surface area (Å²) in [6.45, 7) is 1.74. The maximum absolute atomic E-state index is 13.7. The fourth-order valence-corrected chi connectivity index (χ4v) is 4.89. The van der Waals surface area contributed by atoms with Crippen LogP contribution in [0.5, 0.6) is 11.5 Å². The van der Waals surface area contributed by atoms with Gasteiger partial charge in [0.25, 0.3) is 15.7 Å². The van der Waals surface area contributed by atoms with E-state index in [-0.39, 0.29) is 10.6 Å². The number of ether oxygens (including phenoxy) is 2. The van der Waals surface area contributed by atoms with Crippen molar-refractivity contribution in [3.05, 3.63) is 88.5 Å². The average molecular weight is 442 g/mol. The Morgan fingerprint density at radius 2 is 1.55 bits per heavy atom. The summed E-state index contributed by atoms with van der Waals surface area (Å²) >= 11 is 0. The Balaban J connectivity index is 2.16. The van der Waals surface area contributed by atoms with Crippen molar-refractivity contribution in [1.29, 1.82) is 0 Å². The summed E-state index contributed by atoms with van der Waals surface area (Å²) in [5, 5.41) is 11.2. The van der Waals surface area contributed by atoms with Crippen molar-refractivity contribution in [1.82, 2.24) is 0 Å². The second kappa shape index (κ2) is 9.05. The molecule has 0 unspecified atom stereocenters. The van der Waals surface area contributed by atoms with Crippen LogP contribution in [0.2, 0.25) is 0 Å². The van der Waals surface area contributed by atoms with E-state index >= 15 is 0 Å². The van der Waals surface area contributed by atoms with Gasteiger partial charge in [0.05, 0.1) is 35.8 Å². The monoisotopic (exact) mass is 442 g/mol. The largest absolute Gasteiger partial charge is 0.497 e. The third-order valence-electron chi connectivity index (χ3n) is 4.84. The Kier molecular flexibility index (Phi) is 6.45. The molecule has 0 saturated carbocycles. The Morgan fingerprint density at radius 3 is 2.16 bits per heavy atom. The summed E-state index contributed by atoms with van der Waals surface area (Å²) in [6.07, 6.45) is 0. The van der Waals surface area contributed by atoms with E-state index in [1.807, 2.05) is 0 Å². The predicted molar refractivity (Wildman–Crippen MR) is 117 cm³/mol. The van der Waals surface area contributed by atoms with Gasteiger partial charge in [0, 0.05) is 12.1 Å². The quantitative estimate of drug-likeness (QED) is 0.374. The molecule has 162 valence electrons. The van der Waals surface area contributed by atoms with Gasteiger partial charge in [0.1, 0.15) is 11.5 Å². The predicted octanol–water partition coefficient (Wildman–Crippen LogP) is 4.57. The SMILES string of the molecule is COc1ccc(N([C@H](C)c2cccc(OC)c2)S(=O)(=O)c2cccc([N+](=O)[O-])c2)cc1. The highest BCUT2D eigenvalue weighted by molar-refractivity contribution is 7.92. The first-order chi connectivity index (χ1) is 14.8. The van der Waals surface area contributed by atoms with Crippen LogP contribution in [0.4, 0.5) is 11.4 Å². The molecule has 3 aromatic rings. The molecule has 0 fully saturated rings. The molecule has 0 aliphatic carbocycles. The first-order valence-electron chi connectivity index (χ1n) is 9.35. The molecule has 0 heterocycles. The van der Waals surface area contributed by atoms with E-state index in [4.69, 9.17) is 9.47 Å². The zero-order valence-electron chi connectivity index (χ0n) is 17.3. The lowest BCUT2D eigenvalue weighted by molar-refractivity contribution is -0.385. The summed E-state index contributed by atoms with van der Waals surface area (Å²) in [4.78, 5) is 10.4. The number of nitrogens with zero attached hydrogens (tertiary/aromatic N) is 2. The summed E-state index contributed by atoms with van der Waals surface area (Å²) < 4.78 is 39.0.